The van der Waals surface area contributed by atoms with Gasteiger partial charge in [0.05, 0.1) is 0 Å². The normalized spacial score (nSPS) is 19.5. The lowest BCUT2D eigenvalue weighted by Gasteiger charge is -2.30. The molecule has 1 unspecified atom stereocenters. The minimum atomic E-state index is -0.574. The topological polar surface area (TPSA) is 49.9 Å². The van der Waals surface area contributed by atoms with Gasteiger partial charge in [-0.15, -0.1) is 6.42 Å². The van der Waals surface area contributed by atoms with Crippen LogP contribution in [0.3, 0.4) is 0 Å². The molecule has 0 radical (unpaired) electrons. The lowest BCUT2D eigenvalue weighted by molar-refractivity contribution is -0.122. The van der Waals surface area contributed by atoms with Crippen LogP contribution in [0, 0.1) is 12.3 Å². The van der Waals surface area contributed by atoms with Crippen molar-refractivity contribution < 1.29 is 14.3 Å². The summed E-state index contributed by atoms with van der Waals surface area (Å²) in [5, 5.41) is 0. The largest absolute Gasteiger partial charge is 0.444 e. The van der Waals surface area contributed by atoms with E-state index in [1.807, 2.05) is 39.0 Å². The molecule has 0 saturated carbocycles. The first-order chi connectivity index (χ1) is 11.8. The average molecular weight is 340 g/mol. The third kappa shape index (κ3) is 3.34. The maximum absolute atomic E-state index is 13.1. The second kappa shape index (κ2) is 6.44. The molecule has 0 bridgehead atoms. The third-order valence-electron chi connectivity index (χ3n) is 4.61. The Bertz CT molecular complexity index is 742. The van der Waals surface area contributed by atoms with Crippen molar-refractivity contribution in [2.75, 3.05) is 18.0 Å². The number of nitrogens with zero attached hydrogens (tertiary/aromatic N) is 2. The molecular formula is C20H24N2O3. The number of likely N-dealkylation sites (tertiary alicyclic amines) is 1. The fourth-order valence-corrected chi connectivity index (χ4v) is 3.54. The molecule has 2 heterocycles. The second-order valence-electron chi connectivity index (χ2n) is 7.52. The molecule has 0 N–H and O–H groups in total. The molecule has 1 aromatic rings. The van der Waals surface area contributed by atoms with Gasteiger partial charge in [0, 0.05) is 24.3 Å². The lowest BCUT2D eigenvalue weighted by atomic mass is 10.1. The van der Waals surface area contributed by atoms with Crippen LogP contribution in [0.1, 0.15) is 44.7 Å². The van der Waals surface area contributed by atoms with Gasteiger partial charge in [0.2, 0.25) is 5.91 Å². The van der Waals surface area contributed by atoms with E-state index >= 15 is 0 Å². The van der Waals surface area contributed by atoms with Crippen LogP contribution in [-0.4, -0.2) is 41.6 Å². The molecule has 1 aromatic carbocycles. The molecule has 3 rings (SSSR count). The van der Waals surface area contributed by atoms with E-state index in [2.05, 4.69) is 5.92 Å². The summed E-state index contributed by atoms with van der Waals surface area (Å²) in [7, 11) is 0. The van der Waals surface area contributed by atoms with Crippen molar-refractivity contribution in [2.45, 2.75) is 51.7 Å². The van der Waals surface area contributed by atoms with Gasteiger partial charge in [0.1, 0.15) is 11.6 Å². The number of hydrogen-bond donors (Lipinski definition) is 0. The number of benzene rings is 1. The fraction of sp³-hybridized carbons (Fsp3) is 0.500. The molecule has 0 aromatic heterocycles. The summed E-state index contributed by atoms with van der Waals surface area (Å²) in [5.74, 6) is 2.64. The number of carbonyl (C=O) groups is 2. The van der Waals surface area contributed by atoms with Crippen molar-refractivity contribution in [3.8, 4) is 12.3 Å². The van der Waals surface area contributed by atoms with Crippen LogP contribution in [0.5, 0.6) is 0 Å². The number of hydrogen-bond acceptors (Lipinski definition) is 3. The molecule has 1 saturated heterocycles. The first kappa shape index (κ1) is 17.3. The first-order valence-corrected chi connectivity index (χ1v) is 8.71. The van der Waals surface area contributed by atoms with Crippen LogP contribution in [0.4, 0.5) is 10.5 Å². The molecule has 1 atom stereocenters. The molecule has 25 heavy (non-hydrogen) atoms. The van der Waals surface area contributed by atoms with Gasteiger partial charge in [-0.3, -0.25) is 9.69 Å². The van der Waals surface area contributed by atoms with E-state index in [-0.39, 0.29) is 5.91 Å². The van der Waals surface area contributed by atoms with Crippen molar-refractivity contribution in [3.05, 3.63) is 29.3 Å². The summed E-state index contributed by atoms with van der Waals surface area (Å²) in [6.07, 6.45) is 7.37. The predicted octanol–water partition coefficient (Wildman–Crippen LogP) is 2.96. The van der Waals surface area contributed by atoms with Crippen molar-refractivity contribution in [1.29, 1.82) is 0 Å². The summed E-state index contributed by atoms with van der Waals surface area (Å²) in [5.41, 5.74) is 2.18. The van der Waals surface area contributed by atoms with E-state index in [1.54, 1.807) is 9.80 Å². The summed E-state index contributed by atoms with van der Waals surface area (Å²) in [6.45, 7) is 6.64. The highest BCUT2D eigenvalue weighted by Crippen LogP contribution is 2.33. The molecule has 2 aliphatic heterocycles. The number of terminal acetylenes is 1. The van der Waals surface area contributed by atoms with Crippen LogP contribution in [0.2, 0.25) is 0 Å². The third-order valence-corrected chi connectivity index (χ3v) is 4.61. The standard InChI is InChI=1S/C20H24N2O3/c1-5-14-8-6-9-16-15(14)11-13-21(16)18(23)17-10-7-12-22(17)19(24)25-20(2,3)4/h1,6,8-9,17H,7,10-13H2,2-4H3. The fourth-order valence-electron chi connectivity index (χ4n) is 3.54. The Morgan fingerprint density at radius 2 is 2.04 bits per heavy atom. The molecular weight excluding hydrogens is 316 g/mol. The van der Waals surface area contributed by atoms with Crippen LogP contribution in [0.25, 0.3) is 0 Å². The molecule has 2 amide bonds. The second-order valence-corrected chi connectivity index (χ2v) is 7.52. The number of amides is 2. The Balaban J connectivity index is 1.81. The van der Waals surface area contributed by atoms with Crippen molar-refractivity contribution in [2.24, 2.45) is 0 Å². The van der Waals surface area contributed by atoms with Gasteiger partial charge in [-0.25, -0.2) is 4.79 Å². The summed E-state index contributed by atoms with van der Waals surface area (Å²) in [6, 6.07) is 5.23. The highest BCUT2D eigenvalue weighted by atomic mass is 16.6. The molecule has 5 heteroatoms. The number of anilines is 1. The van der Waals surface area contributed by atoms with Gasteiger partial charge in [-0.1, -0.05) is 12.0 Å². The van der Waals surface area contributed by atoms with Crippen molar-refractivity contribution >= 4 is 17.7 Å². The Morgan fingerprint density at radius 3 is 2.72 bits per heavy atom. The zero-order valence-electron chi connectivity index (χ0n) is 15.0. The highest BCUT2D eigenvalue weighted by Gasteiger charge is 2.40. The van der Waals surface area contributed by atoms with E-state index in [0.717, 1.165) is 29.7 Å². The molecule has 132 valence electrons. The zero-order valence-corrected chi connectivity index (χ0v) is 15.0. The summed E-state index contributed by atoms with van der Waals surface area (Å²) < 4.78 is 5.46. The maximum atomic E-state index is 13.1. The van der Waals surface area contributed by atoms with Crippen LogP contribution in [-0.2, 0) is 16.0 Å². The maximum Gasteiger partial charge on any atom is 0.410 e. The molecule has 1 fully saturated rings. The Kier molecular flexibility index (Phi) is 4.47. The van der Waals surface area contributed by atoms with Gasteiger partial charge >= 0.3 is 6.09 Å². The minimum Gasteiger partial charge on any atom is -0.444 e. The van der Waals surface area contributed by atoms with Gasteiger partial charge in [0.15, 0.2) is 0 Å². The monoisotopic (exact) mass is 340 g/mol. The van der Waals surface area contributed by atoms with E-state index in [1.165, 1.54) is 0 Å². The number of carbonyl (C=O) groups excluding carboxylic acids is 2. The van der Waals surface area contributed by atoms with Gasteiger partial charge in [-0.2, -0.15) is 0 Å². The van der Waals surface area contributed by atoms with E-state index in [4.69, 9.17) is 11.2 Å². The lowest BCUT2D eigenvalue weighted by Crippen LogP contribution is -2.48. The van der Waals surface area contributed by atoms with E-state index in [9.17, 15) is 9.59 Å². The van der Waals surface area contributed by atoms with Crippen LogP contribution < -0.4 is 4.90 Å². The summed E-state index contributed by atoms with van der Waals surface area (Å²) >= 11 is 0. The quantitative estimate of drug-likeness (QED) is 0.739. The Hall–Kier alpha value is -2.48. The smallest absolute Gasteiger partial charge is 0.410 e. The molecule has 5 nitrogen and oxygen atoms in total. The predicted molar refractivity (Wildman–Crippen MR) is 96.4 cm³/mol. The van der Waals surface area contributed by atoms with Crippen LogP contribution in [0.15, 0.2) is 18.2 Å². The van der Waals surface area contributed by atoms with Gasteiger partial charge in [0.25, 0.3) is 0 Å². The molecule has 0 spiro atoms. The zero-order chi connectivity index (χ0) is 18.2. The SMILES string of the molecule is C#Cc1cccc2c1CCN2C(=O)C1CCCN1C(=O)OC(C)(C)C. The average Bonchev–Trinajstić information content (AvgIpc) is 3.19. The number of ether oxygens (including phenoxy) is 1. The summed E-state index contributed by atoms with van der Waals surface area (Å²) in [4.78, 5) is 28.9. The molecule has 0 aliphatic carbocycles. The minimum absolute atomic E-state index is 0.0451. The van der Waals surface area contributed by atoms with Crippen molar-refractivity contribution in [1.82, 2.24) is 4.90 Å². The highest BCUT2D eigenvalue weighted by molar-refractivity contribution is 6.00. The number of rotatable bonds is 1. The van der Waals surface area contributed by atoms with Gasteiger partial charge < -0.3 is 9.64 Å². The van der Waals surface area contributed by atoms with Gasteiger partial charge in [-0.05, 0) is 57.7 Å². The Labute approximate surface area is 148 Å². The first-order valence-electron chi connectivity index (χ1n) is 8.71. The van der Waals surface area contributed by atoms with Crippen LogP contribution >= 0.6 is 0 Å². The van der Waals surface area contributed by atoms with E-state index in [0.29, 0.717) is 19.5 Å². The van der Waals surface area contributed by atoms with Crippen molar-refractivity contribution in [3.63, 3.8) is 0 Å². The molecule has 2 aliphatic rings. The van der Waals surface area contributed by atoms with E-state index < -0.39 is 17.7 Å². The number of fused-ring (bicyclic) bond motifs is 1. The Morgan fingerprint density at radius 1 is 1.28 bits per heavy atom.